The van der Waals surface area contributed by atoms with Crippen LogP contribution in [0, 0.1) is 0 Å². The van der Waals surface area contributed by atoms with Crippen LogP contribution in [0.25, 0.3) is 0 Å². The molecule has 1 N–H and O–H groups in total. The number of nitrogens with one attached hydrogen (secondary N) is 1. The molecule has 1 aliphatic rings. The SMILES string of the molecule is CCC(C)(C)NC(=O)OCCCN1CCCCC1. The maximum absolute atomic E-state index is 11.5. The molecular formula is C14H28N2O2. The highest BCUT2D eigenvalue weighted by molar-refractivity contribution is 5.68. The van der Waals surface area contributed by atoms with Gasteiger partial charge in [-0.1, -0.05) is 13.3 Å². The first-order valence-corrected chi connectivity index (χ1v) is 7.21. The zero-order valence-electron chi connectivity index (χ0n) is 12.1. The lowest BCUT2D eigenvalue weighted by Crippen LogP contribution is -2.43. The highest BCUT2D eigenvalue weighted by Gasteiger charge is 2.18. The normalized spacial score (nSPS) is 17.5. The number of hydrogen-bond acceptors (Lipinski definition) is 3. The highest BCUT2D eigenvalue weighted by Crippen LogP contribution is 2.09. The van der Waals surface area contributed by atoms with Crippen molar-refractivity contribution in [2.45, 2.75) is 58.4 Å². The molecule has 0 aromatic carbocycles. The Bertz CT molecular complexity index is 248. The first kappa shape index (κ1) is 15.3. The van der Waals surface area contributed by atoms with Crippen LogP contribution >= 0.6 is 0 Å². The second kappa shape index (κ2) is 7.62. The number of carbonyl (C=O) groups excluding carboxylic acids is 1. The summed E-state index contributed by atoms with van der Waals surface area (Å²) in [5, 5.41) is 2.87. The molecule has 1 heterocycles. The quantitative estimate of drug-likeness (QED) is 0.743. The molecule has 18 heavy (non-hydrogen) atoms. The van der Waals surface area contributed by atoms with Crippen molar-refractivity contribution in [3.8, 4) is 0 Å². The molecule has 0 aromatic rings. The number of likely N-dealkylation sites (tertiary alicyclic amines) is 1. The molecule has 4 nitrogen and oxygen atoms in total. The number of ether oxygens (including phenoxy) is 1. The minimum Gasteiger partial charge on any atom is -0.450 e. The molecule has 1 rings (SSSR count). The summed E-state index contributed by atoms with van der Waals surface area (Å²) >= 11 is 0. The largest absolute Gasteiger partial charge is 0.450 e. The number of hydrogen-bond donors (Lipinski definition) is 1. The number of piperidine rings is 1. The predicted octanol–water partition coefficient (Wildman–Crippen LogP) is 2.78. The molecule has 1 aliphatic heterocycles. The van der Waals surface area contributed by atoms with E-state index in [2.05, 4.69) is 17.1 Å². The lowest BCUT2D eigenvalue weighted by molar-refractivity contribution is 0.126. The number of alkyl carbamates (subject to hydrolysis) is 1. The van der Waals surface area contributed by atoms with Gasteiger partial charge >= 0.3 is 6.09 Å². The standard InChI is InChI=1S/C14H28N2O2/c1-4-14(2,3)15-13(17)18-12-8-11-16-9-6-5-7-10-16/h4-12H2,1-3H3,(H,15,17). The number of carbonyl (C=O) groups is 1. The molecule has 0 unspecified atom stereocenters. The van der Waals surface area contributed by atoms with Gasteiger partial charge in [-0.3, -0.25) is 0 Å². The summed E-state index contributed by atoms with van der Waals surface area (Å²) in [5.74, 6) is 0. The summed E-state index contributed by atoms with van der Waals surface area (Å²) in [7, 11) is 0. The Labute approximate surface area is 111 Å². The fourth-order valence-corrected chi connectivity index (χ4v) is 2.04. The van der Waals surface area contributed by atoms with Gasteiger partial charge in [0.2, 0.25) is 0 Å². The first-order chi connectivity index (χ1) is 8.53. The molecule has 0 radical (unpaired) electrons. The number of rotatable bonds is 6. The average molecular weight is 256 g/mol. The summed E-state index contributed by atoms with van der Waals surface area (Å²) in [6.07, 6.45) is 5.52. The predicted molar refractivity (Wildman–Crippen MR) is 73.8 cm³/mol. The molecular weight excluding hydrogens is 228 g/mol. The van der Waals surface area contributed by atoms with E-state index in [4.69, 9.17) is 4.74 Å². The van der Waals surface area contributed by atoms with Gasteiger partial charge in [0, 0.05) is 12.1 Å². The summed E-state index contributed by atoms with van der Waals surface area (Å²) in [4.78, 5) is 14.0. The Balaban J connectivity index is 2.04. The van der Waals surface area contributed by atoms with Crippen molar-refractivity contribution in [3.63, 3.8) is 0 Å². The van der Waals surface area contributed by atoms with Gasteiger partial charge in [0.25, 0.3) is 0 Å². The lowest BCUT2D eigenvalue weighted by atomic mass is 10.0. The average Bonchev–Trinajstić information content (AvgIpc) is 2.35. The van der Waals surface area contributed by atoms with Crippen LogP contribution in [0.5, 0.6) is 0 Å². The van der Waals surface area contributed by atoms with Crippen molar-refractivity contribution in [2.24, 2.45) is 0 Å². The number of amides is 1. The van der Waals surface area contributed by atoms with Gasteiger partial charge in [-0.2, -0.15) is 0 Å². The molecule has 0 aromatic heterocycles. The molecule has 1 amide bonds. The van der Waals surface area contributed by atoms with Crippen LogP contribution in [0.4, 0.5) is 4.79 Å². The third-order valence-corrected chi connectivity index (χ3v) is 3.62. The molecule has 0 aliphatic carbocycles. The molecule has 0 atom stereocenters. The zero-order chi connectivity index (χ0) is 13.4. The fraction of sp³-hybridized carbons (Fsp3) is 0.929. The van der Waals surface area contributed by atoms with Gasteiger partial charge in [0.05, 0.1) is 6.61 Å². The first-order valence-electron chi connectivity index (χ1n) is 7.21. The van der Waals surface area contributed by atoms with E-state index < -0.39 is 0 Å². The van der Waals surface area contributed by atoms with Crippen LogP contribution in [0.1, 0.15) is 52.9 Å². The van der Waals surface area contributed by atoms with Crippen LogP contribution in [-0.2, 0) is 4.74 Å². The van der Waals surface area contributed by atoms with Gasteiger partial charge in [0.15, 0.2) is 0 Å². The minimum atomic E-state index is -0.291. The molecule has 1 saturated heterocycles. The molecule has 0 bridgehead atoms. The van der Waals surface area contributed by atoms with E-state index in [9.17, 15) is 4.79 Å². The Morgan fingerprint density at radius 1 is 1.28 bits per heavy atom. The van der Waals surface area contributed by atoms with Crippen molar-refractivity contribution >= 4 is 6.09 Å². The molecule has 106 valence electrons. The van der Waals surface area contributed by atoms with E-state index in [0.29, 0.717) is 6.61 Å². The Morgan fingerprint density at radius 2 is 1.94 bits per heavy atom. The number of nitrogens with zero attached hydrogens (tertiary/aromatic N) is 1. The van der Waals surface area contributed by atoms with E-state index in [1.165, 1.54) is 32.4 Å². The lowest BCUT2D eigenvalue weighted by Gasteiger charge is -2.26. The topological polar surface area (TPSA) is 41.6 Å². The van der Waals surface area contributed by atoms with Crippen molar-refractivity contribution in [1.29, 1.82) is 0 Å². The van der Waals surface area contributed by atoms with E-state index >= 15 is 0 Å². The van der Waals surface area contributed by atoms with Crippen molar-refractivity contribution < 1.29 is 9.53 Å². The van der Waals surface area contributed by atoms with E-state index in [1.54, 1.807) is 0 Å². The summed E-state index contributed by atoms with van der Waals surface area (Å²) < 4.78 is 5.19. The van der Waals surface area contributed by atoms with Crippen molar-refractivity contribution in [2.75, 3.05) is 26.2 Å². The van der Waals surface area contributed by atoms with Gasteiger partial charge in [-0.15, -0.1) is 0 Å². The second-order valence-electron chi connectivity index (χ2n) is 5.75. The summed E-state index contributed by atoms with van der Waals surface area (Å²) in [6, 6.07) is 0. The Kier molecular flexibility index (Phi) is 6.47. The van der Waals surface area contributed by atoms with Crippen LogP contribution < -0.4 is 5.32 Å². The third kappa shape index (κ3) is 6.24. The maximum atomic E-state index is 11.5. The van der Waals surface area contributed by atoms with Gasteiger partial charge in [-0.25, -0.2) is 4.79 Å². The van der Waals surface area contributed by atoms with E-state index in [0.717, 1.165) is 19.4 Å². The second-order valence-corrected chi connectivity index (χ2v) is 5.75. The fourth-order valence-electron chi connectivity index (χ4n) is 2.04. The third-order valence-electron chi connectivity index (χ3n) is 3.62. The Morgan fingerprint density at radius 3 is 2.56 bits per heavy atom. The summed E-state index contributed by atoms with van der Waals surface area (Å²) in [6.45, 7) is 10.0. The van der Waals surface area contributed by atoms with Crippen LogP contribution in [-0.4, -0.2) is 42.8 Å². The van der Waals surface area contributed by atoms with Crippen LogP contribution in [0.2, 0.25) is 0 Å². The molecule has 0 saturated carbocycles. The van der Waals surface area contributed by atoms with E-state index in [-0.39, 0.29) is 11.6 Å². The summed E-state index contributed by atoms with van der Waals surface area (Å²) in [5.41, 5.74) is -0.177. The molecule has 4 heteroatoms. The molecule has 0 spiro atoms. The smallest absolute Gasteiger partial charge is 0.407 e. The minimum absolute atomic E-state index is 0.177. The molecule has 1 fully saturated rings. The van der Waals surface area contributed by atoms with Gasteiger partial charge < -0.3 is 15.0 Å². The zero-order valence-corrected chi connectivity index (χ0v) is 12.1. The van der Waals surface area contributed by atoms with Crippen LogP contribution in [0.15, 0.2) is 0 Å². The van der Waals surface area contributed by atoms with Gasteiger partial charge in [0.1, 0.15) is 0 Å². The Hall–Kier alpha value is -0.770. The maximum Gasteiger partial charge on any atom is 0.407 e. The van der Waals surface area contributed by atoms with Crippen LogP contribution in [0.3, 0.4) is 0 Å². The van der Waals surface area contributed by atoms with Crippen molar-refractivity contribution in [1.82, 2.24) is 10.2 Å². The van der Waals surface area contributed by atoms with Gasteiger partial charge in [-0.05, 0) is 52.6 Å². The van der Waals surface area contributed by atoms with E-state index in [1.807, 2.05) is 13.8 Å². The van der Waals surface area contributed by atoms with Crippen molar-refractivity contribution in [3.05, 3.63) is 0 Å². The highest BCUT2D eigenvalue weighted by atomic mass is 16.5. The monoisotopic (exact) mass is 256 g/mol.